The molecule has 0 bridgehead atoms. The van der Waals surface area contributed by atoms with Gasteiger partial charge in [0.2, 0.25) is 0 Å². The SMILES string of the molecule is C=C1[C@@H](NC)CC[C@]23CC24CC[C@]2(C)[C@@H]([C@H](C)NC)[C@H](O)CC2(C)[C@@H]4CC[C@@H]13. The first kappa shape index (κ1) is 19.6. The predicted octanol–water partition coefficient (Wildman–Crippen LogP) is 4.12. The lowest BCUT2D eigenvalue weighted by atomic mass is 9.43. The van der Waals surface area contributed by atoms with E-state index in [1.807, 2.05) is 0 Å². The molecule has 5 aliphatic rings. The summed E-state index contributed by atoms with van der Waals surface area (Å²) in [7, 11) is 4.17. The maximum Gasteiger partial charge on any atom is 0.0594 e. The Morgan fingerprint density at radius 2 is 1.79 bits per heavy atom. The summed E-state index contributed by atoms with van der Waals surface area (Å²) in [5.74, 6) is 1.90. The van der Waals surface area contributed by atoms with E-state index in [0.717, 1.165) is 18.3 Å². The van der Waals surface area contributed by atoms with Crippen molar-refractivity contribution >= 4 is 0 Å². The summed E-state index contributed by atoms with van der Waals surface area (Å²) in [5.41, 5.74) is 3.12. The Bertz CT molecular complexity index is 692. The van der Waals surface area contributed by atoms with Crippen LogP contribution in [0.2, 0.25) is 0 Å². The molecule has 2 spiro atoms. The van der Waals surface area contributed by atoms with Crippen molar-refractivity contribution in [2.75, 3.05) is 14.1 Å². The minimum absolute atomic E-state index is 0.157. The molecule has 3 N–H and O–H groups in total. The molecule has 3 nitrogen and oxygen atoms in total. The molecule has 158 valence electrons. The molecule has 0 amide bonds. The van der Waals surface area contributed by atoms with Crippen molar-refractivity contribution in [1.82, 2.24) is 10.6 Å². The first-order valence-corrected chi connectivity index (χ1v) is 11.9. The van der Waals surface area contributed by atoms with Crippen molar-refractivity contribution in [3.8, 4) is 0 Å². The van der Waals surface area contributed by atoms with Gasteiger partial charge in [-0.2, -0.15) is 0 Å². The van der Waals surface area contributed by atoms with Gasteiger partial charge in [0.25, 0.3) is 0 Å². The minimum Gasteiger partial charge on any atom is -0.393 e. The summed E-state index contributed by atoms with van der Waals surface area (Å²) >= 11 is 0. The highest BCUT2D eigenvalue weighted by Gasteiger charge is 2.81. The molecule has 3 heteroatoms. The van der Waals surface area contributed by atoms with Gasteiger partial charge in [0.05, 0.1) is 6.10 Å². The summed E-state index contributed by atoms with van der Waals surface area (Å²) < 4.78 is 0. The molecule has 10 atom stereocenters. The highest BCUT2D eigenvalue weighted by molar-refractivity contribution is 5.35. The molecule has 0 aromatic heterocycles. The molecule has 5 fully saturated rings. The Labute approximate surface area is 172 Å². The Hall–Kier alpha value is -0.380. The van der Waals surface area contributed by atoms with Crippen LogP contribution in [0.3, 0.4) is 0 Å². The first-order chi connectivity index (χ1) is 13.2. The molecule has 0 aliphatic heterocycles. The van der Waals surface area contributed by atoms with E-state index in [0.29, 0.717) is 28.8 Å². The van der Waals surface area contributed by atoms with Gasteiger partial charge in [-0.25, -0.2) is 0 Å². The van der Waals surface area contributed by atoms with E-state index in [4.69, 9.17) is 0 Å². The second kappa shape index (κ2) is 5.86. The quantitative estimate of drug-likeness (QED) is 0.639. The van der Waals surface area contributed by atoms with Gasteiger partial charge in [-0.05, 0) is 106 Å². The summed E-state index contributed by atoms with van der Waals surface area (Å²) in [6.07, 6.45) is 10.3. The monoisotopic (exact) mass is 386 g/mol. The molecule has 0 radical (unpaired) electrons. The van der Waals surface area contributed by atoms with Crippen molar-refractivity contribution in [2.24, 2.45) is 39.4 Å². The van der Waals surface area contributed by atoms with Gasteiger partial charge in [-0.3, -0.25) is 0 Å². The Kier molecular flexibility index (Phi) is 4.09. The lowest BCUT2D eigenvalue weighted by Crippen LogP contribution is -2.56. The van der Waals surface area contributed by atoms with Crippen LogP contribution in [-0.4, -0.2) is 37.4 Å². The minimum atomic E-state index is -0.157. The van der Waals surface area contributed by atoms with E-state index < -0.39 is 0 Å². The number of aliphatic hydroxyl groups excluding tert-OH is 1. The average Bonchev–Trinajstić information content (AvgIpc) is 3.27. The van der Waals surface area contributed by atoms with Gasteiger partial charge in [-0.1, -0.05) is 26.0 Å². The van der Waals surface area contributed by atoms with E-state index in [1.165, 1.54) is 50.5 Å². The standard InChI is InChI=1S/C25H42N2O/c1-15-17-7-8-20-23(4)13-19(28)21(16(2)26-5)22(23,3)11-12-25(20)14-24(17,25)10-9-18(15)27-6/h16-21,26-28H,1,7-14H2,2-6H3/t16-,17-,18-,19+,20-,21-,22+,23?,24+,25?/m0/s1. The Morgan fingerprint density at radius 1 is 1.04 bits per heavy atom. The van der Waals surface area contributed by atoms with Crippen molar-refractivity contribution in [3.63, 3.8) is 0 Å². The van der Waals surface area contributed by atoms with Crippen LogP contribution in [-0.2, 0) is 0 Å². The van der Waals surface area contributed by atoms with Crippen LogP contribution in [0.4, 0.5) is 0 Å². The molecule has 5 rings (SSSR count). The molecule has 5 aliphatic carbocycles. The molecular formula is C25H42N2O. The second-order valence-electron chi connectivity index (χ2n) is 11.8. The molecule has 0 saturated heterocycles. The number of rotatable bonds is 3. The molecule has 0 aromatic carbocycles. The van der Waals surface area contributed by atoms with E-state index in [2.05, 4.69) is 52.1 Å². The number of hydrogen-bond acceptors (Lipinski definition) is 3. The van der Waals surface area contributed by atoms with E-state index in [1.54, 1.807) is 0 Å². The Balaban J connectivity index is 1.51. The third kappa shape index (κ3) is 1.98. The molecule has 5 saturated carbocycles. The molecule has 0 aromatic rings. The van der Waals surface area contributed by atoms with Crippen LogP contribution in [0, 0.1) is 39.4 Å². The number of aliphatic hydroxyl groups is 1. The maximum absolute atomic E-state index is 11.2. The fraction of sp³-hybridized carbons (Fsp3) is 0.920. The van der Waals surface area contributed by atoms with Crippen LogP contribution >= 0.6 is 0 Å². The van der Waals surface area contributed by atoms with E-state index in [-0.39, 0.29) is 16.9 Å². The smallest absolute Gasteiger partial charge is 0.0594 e. The number of likely N-dealkylation sites (N-methyl/N-ethyl adjacent to an activating group) is 1. The topological polar surface area (TPSA) is 44.3 Å². The average molecular weight is 387 g/mol. The third-order valence-electron chi connectivity index (χ3n) is 11.6. The van der Waals surface area contributed by atoms with Crippen molar-refractivity contribution in [1.29, 1.82) is 0 Å². The van der Waals surface area contributed by atoms with Gasteiger partial charge in [0.1, 0.15) is 0 Å². The third-order valence-corrected chi connectivity index (χ3v) is 11.6. The molecule has 2 unspecified atom stereocenters. The second-order valence-corrected chi connectivity index (χ2v) is 11.8. The lowest BCUT2D eigenvalue weighted by Gasteiger charge is -2.61. The first-order valence-electron chi connectivity index (χ1n) is 11.9. The van der Waals surface area contributed by atoms with E-state index >= 15 is 0 Å². The predicted molar refractivity (Wildman–Crippen MR) is 115 cm³/mol. The fourth-order valence-corrected chi connectivity index (χ4v) is 10.1. The summed E-state index contributed by atoms with van der Waals surface area (Å²) in [4.78, 5) is 0. The lowest BCUT2D eigenvalue weighted by molar-refractivity contribution is -0.120. The van der Waals surface area contributed by atoms with Crippen molar-refractivity contribution in [3.05, 3.63) is 12.2 Å². The fourth-order valence-electron chi connectivity index (χ4n) is 10.1. The maximum atomic E-state index is 11.2. The van der Waals surface area contributed by atoms with Gasteiger partial charge in [0, 0.05) is 18.0 Å². The van der Waals surface area contributed by atoms with Crippen molar-refractivity contribution in [2.45, 2.75) is 90.3 Å². The summed E-state index contributed by atoms with van der Waals surface area (Å²) in [6.45, 7) is 12.0. The highest BCUT2D eigenvalue weighted by Crippen LogP contribution is 2.87. The number of fused-ring (bicyclic) bond motifs is 2. The highest BCUT2D eigenvalue weighted by atomic mass is 16.3. The summed E-state index contributed by atoms with van der Waals surface area (Å²) in [5, 5.41) is 18.2. The van der Waals surface area contributed by atoms with Gasteiger partial charge >= 0.3 is 0 Å². The zero-order chi connectivity index (χ0) is 20.1. The molecule has 28 heavy (non-hydrogen) atoms. The van der Waals surface area contributed by atoms with Gasteiger partial charge in [-0.15, -0.1) is 0 Å². The largest absolute Gasteiger partial charge is 0.393 e. The summed E-state index contributed by atoms with van der Waals surface area (Å²) in [6, 6.07) is 0.912. The number of nitrogens with one attached hydrogen (secondary N) is 2. The number of hydrogen-bond donors (Lipinski definition) is 3. The van der Waals surface area contributed by atoms with Crippen LogP contribution in [0.1, 0.15) is 72.1 Å². The van der Waals surface area contributed by atoms with Crippen LogP contribution in [0.5, 0.6) is 0 Å². The normalized spacial score (nSPS) is 58.4. The van der Waals surface area contributed by atoms with Crippen LogP contribution in [0.15, 0.2) is 12.2 Å². The zero-order valence-electron chi connectivity index (χ0n) is 18.8. The van der Waals surface area contributed by atoms with E-state index in [9.17, 15) is 5.11 Å². The van der Waals surface area contributed by atoms with Crippen LogP contribution < -0.4 is 10.6 Å². The Morgan fingerprint density at radius 3 is 2.46 bits per heavy atom. The van der Waals surface area contributed by atoms with Gasteiger partial charge < -0.3 is 15.7 Å². The molecular weight excluding hydrogens is 344 g/mol. The molecule has 0 heterocycles. The van der Waals surface area contributed by atoms with Crippen molar-refractivity contribution < 1.29 is 5.11 Å². The van der Waals surface area contributed by atoms with Crippen LogP contribution in [0.25, 0.3) is 0 Å². The zero-order valence-corrected chi connectivity index (χ0v) is 18.8. The van der Waals surface area contributed by atoms with Gasteiger partial charge in [0.15, 0.2) is 0 Å².